The molecule has 2 atom stereocenters. The fourth-order valence-electron chi connectivity index (χ4n) is 2.58. The normalized spacial score (nSPS) is 19.6. The van der Waals surface area contributed by atoms with Crippen LogP contribution >= 0.6 is 12.4 Å². The number of nitrogens with zero attached hydrogens (tertiary/aromatic N) is 1. The smallest absolute Gasteiger partial charge is 0.242 e. The maximum absolute atomic E-state index is 12.9. The molecule has 1 aromatic carbocycles. The van der Waals surface area contributed by atoms with Crippen LogP contribution in [0, 0.1) is 5.82 Å². The van der Waals surface area contributed by atoms with Crippen molar-refractivity contribution in [3.8, 4) is 0 Å². The quantitative estimate of drug-likeness (QED) is 0.783. The van der Waals surface area contributed by atoms with Gasteiger partial charge in [-0.25, -0.2) is 4.39 Å². The van der Waals surface area contributed by atoms with Crippen LogP contribution < -0.4 is 10.6 Å². The Kier molecular flexibility index (Phi) is 8.82. The fraction of sp³-hybridized carbons (Fsp3) is 0.529. The molecule has 0 bridgehead atoms. The van der Waals surface area contributed by atoms with Crippen molar-refractivity contribution in [2.75, 3.05) is 26.2 Å². The van der Waals surface area contributed by atoms with Gasteiger partial charge in [0, 0.05) is 19.6 Å². The molecule has 140 valence electrons. The summed E-state index contributed by atoms with van der Waals surface area (Å²) >= 11 is 0. The van der Waals surface area contributed by atoms with E-state index in [9.17, 15) is 14.0 Å². The van der Waals surface area contributed by atoms with Crippen molar-refractivity contribution in [2.24, 2.45) is 0 Å². The van der Waals surface area contributed by atoms with Crippen molar-refractivity contribution in [1.82, 2.24) is 15.5 Å². The van der Waals surface area contributed by atoms with E-state index in [1.54, 1.807) is 12.1 Å². The first kappa shape index (κ1) is 21.3. The standard InChI is InChI=1S/C17H24FN3O3.ClH/c1-3-21(17(23)16-12(2)24-9-8-19-16)11-15(22)20-10-13-4-6-14(18)7-5-13;/h4-7,12,16,19H,3,8-11H2,1-2H3,(H,20,22);1H/t12-,16+;/m1./s1. The van der Waals surface area contributed by atoms with Gasteiger partial charge in [-0.2, -0.15) is 0 Å². The molecule has 1 aliphatic rings. The summed E-state index contributed by atoms with van der Waals surface area (Å²) in [5.74, 6) is -0.704. The molecule has 2 amide bonds. The summed E-state index contributed by atoms with van der Waals surface area (Å²) in [5, 5.41) is 5.88. The number of amides is 2. The number of rotatable bonds is 6. The lowest BCUT2D eigenvalue weighted by Crippen LogP contribution is -2.57. The zero-order chi connectivity index (χ0) is 17.5. The van der Waals surface area contributed by atoms with Gasteiger partial charge in [-0.3, -0.25) is 9.59 Å². The van der Waals surface area contributed by atoms with E-state index in [0.29, 0.717) is 26.2 Å². The summed E-state index contributed by atoms with van der Waals surface area (Å²) in [7, 11) is 0. The lowest BCUT2D eigenvalue weighted by atomic mass is 10.1. The van der Waals surface area contributed by atoms with Crippen LogP contribution in [0.25, 0.3) is 0 Å². The monoisotopic (exact) mass is 373 g/mol. The van der Waals surface area contributed by atoms with E-state index in [4.69, 9.17) is 4.74 Å². The van der Waals surface area contributed by atoms with Crippen LogP contribution in [-0.4, -0.2) is 55.1 Å². The number of hydrogen-bond donors (Lipinski definition) is 2. The van der Waals surface area contributed by atoms with E-state index < -0.39 is 6.04 Å². The second-order valence-electron chi connectivity index (χ2n) is 5.76. The predicted molar refractivity (Wildman–Crippen MR) is 95.0 cm³/mol. The average Bonchev–Trinajstić information content (AvgIpc) is 2.59. The number of carbonyl (C=O) groups is 2. The number of nitrogens with one attached hydrogen (secondary N) is 2. The highest BCUT2D eigenvalue weighted by Gasteiger charge is 2.31. The molecule has 1 aliphatic heterocycles. The Morgan fingerprint density at radius 1 is 1.36 bits per heavy atom. The largest absolute Gasteiger partial charge is 0.375 e. The van der Waals surface area contributed by atoms with Gasteiger partial charge >= 0.3 is 0 Å². The summed E-state index contributed by atoms with van der Waals surface area (Å²) in [6.07, 6.45) is -0.220. The molecule has 1 saturated heterocycles. The minimum absolute atomic E-state index is 0. The third-order valence-corrected chi connectivity index (χ3v) is 4.01. The molecule has 0 radical (unpaired) electrons. The van der Waals surface area contributed by atoms with Gasteiger partial charge in [0.2, 0.25) is 11.8 Å². The molecular formula is C17H25ClFN3O3. The molecule has 0 aliphatic carbocycles. The fourth-order valence-corrected chi connectivity index (χ4v) is 2.58. The zero-order valence-corrected chi connectivity index (χ0v) is 15.3. The van der Waals surface area contributed by atoms with Crippen molar-refractivity contribution >= 4 is 24.2 Å². The van der Waals surface area contributed by atoms with Crippen LogP contribution in [0.15, 0.2) is 24.3 Å². The SMILES string of the molecule is CCN(CC(=O)NCc1ccc(F)cc1)C(=O)[C@H]1NCCO[C@@H]1C.Cl. The Labute approximate surface area is 153 Å². The number of halogens is 2. The van der Waals surface area contributed by atoms with Crippen LogP contribution in [0.5, 0.6) is 0 Å². The molecule has 6 nitrogen and oxygen atoms in total. The van der Waals surface area contributed by atoms with Gasteiger partial charge in [0.05, 0.1) is 19.3 Å². The van der Waals surface area contributed by atoms with Crippen LogP contribution in [0.3, 0.4) is 0 Å². The van der Waals surface area contributed by atoms with Gasteiger partial charge < -0.3 is 20.3 Å². The van der Waals surface area contributed by atoms with E-state index in [0.717, 1.165) is 5.56 Å². The number of ether oxygens (including phenoxy) is 1. The lowest BCUT2D eigenvalue weighted by Gasteiger charge is -2.33. The lowest BCUT2D eigenvalue weighted by molar-refractivity contribution is -0.142. The second-order valence-corrected chi connectivity index (χ2v) is 5.76. The number of morpholine rings is 1. The van der Waals surface area contributed by atoms with Gasteiger partial charge in [-0.1, -0.05) is 12.1 Å². The van der Waals surface area contributed by atoms with Crippen molar-refractivity contribution in [1.29, 1.82) is 0 Å². The zero-order valence-electron chi connectivity index (χ0n) is 14.5. The Hall–Kier alpha value is -1.70. The molecule has 25 heavy (non-hydrogen) atoms. The topological polar surface area (TPSA) is 70.7 Å². The molecule has 1 heterocycles. The van der Waals surface area contributed by atoms with E-state index in [1.807, 2.05) is 13.8 Å². The third-order valence-electron chi connectivity index (χ3n) is 4.01. The molecule has 1 fully saturated rings. The maximum atomic E-state index is 12.9. The Morgan fingerprint density at radius 2 is 2.04 bits per heavy atom. The molecule has 0 spiro atoms. The number of carbonyl (C=O) groups excluding carboxylic acids is 2. The van der Waals surface area contributed by atoms with E-state index >= 15 is 0 Å². The Balaban J connectivity index is 0.00000312. The summed E-state index contributed by atoms with van der Waals surface area (Å²) < 4.78 is 18.3. The van der Waals surface area contributed by atoms with E-state index in [-0.39, 0.29) is 42.7 Å². The maximum Gasteiger partial charge on any atom is 0.242 e. The molecule has 2 N–H and O–H groups in total. The third kappa shape index (κ3) is 6.26. The van der Waals surface area contributed by atoms with Crippen molar-refractivity contribution < 1.29 is 18.7 Å². The summed E-state index contributed by atoms with van der Waals surface area (Å²) in [6.45, 7) is 5.60. The first-order chi connectivity index (χ1) is 11.5. The Bertz CT molecular complexity index is 571. The molecule has 8 heteroatoms. The van der Waals surface area contributed by atoms with Crippen LogP contribution in [0.2, 0.25) is 0 Å². The van der Waals surface area contributed by atoms with Gasteiger partial charge in [-0.05, 0) is 31.5 Å². The second kappa shape index (κ2) is 10.3. The van der Waals surface area contributed by atoms with Gasteiger partial charge in [0.1, 0.15) is 11.9 Å². The van der Waals surface area contributed by atoms with Crippen molar-refractivity contribution in [3.63, 3.8) is 0 Å². The molecule has 0 saturated carbocycles. The molecule has 0 unspecified atom stereocenters. The first-order valence-corrected chi connectivity index (χ1v) is 8.16. The van der Waals surface area contributed by atoms with E-state index in [1.165, 1.54) is 17.0 Å². The first-order valence-electron chi connectivity index (χ1n) is 8.16. The molecule has 0 aromatic heterocycles. The number of hydrogen-bond acceptors (Lipinski definition) is 4. The van der Waals surface area contributed by atoms with Gasteiger partial charge in [0.25, 0.3) is 0 Å². The predicted octanol–water partition coefficient (Wildman–Crippen LogP) is 1.09. The highest BCUT2D eigenvalue weighted by molar-refractivity contribution is 5.88. The van der Waals surface area contributed by atoms with Crippen molar-refractivity contribution in [2.45, 2.75) is 32.5 Å². The average molecular weight is 374 g/mol. The van der Waals surface area contributed by atoms with Crippen LogP contribution in [-0.2, 0) is 20.9 Å². The van der Waals surface area contributed by atoms with Gasteiger partial charge in [0.15, 0.2) is 0 Å². The van der Waals surface area contributed by atoms with E-state index in [2.05, 4.69) is 10.6 Å². The van der Waals surface area contributed by atoms with Crippen LogP contribution in [0.4, 0.5) is 4.39 Å². The summed E-state index contributed by atoms with van der Waals surface area (Å²) in [4.78, 5) is 26.1. The van der Waals surface area contributed by atoms with Crippen molar-refractivity contribution in [3.05, 3.63) is 35.6 Å². The summed E-state index contributed by atoms with van der Waals surface area (Å²) in [6, 6.07) is 5.50. The number of benzene rings is 1. The number of likely N-dealkylation sites (N-methyl/N-ethyl adjacent to an activating group) is 1. The summed E-state index contributed by atoms with van der Waals surface area (Å²) in [5.41, 5.74) is 0.801. The minimum Gasteiger partial charge on any atom is -0.375 e. The highest BCUT2D eigenvalue weighted by atomic mass is 35.5. The van der Waals surface area contributed by atoms with Crippen LogP contribution in [0.1, 0.15) is 19.4 Å². The molecule has 2 rings (SSSR count). The Morgan fingerprint density at radius 3 is 2.64 bits per heavy atom. The molecule has 1 aromatic rings. The highest BCUT2D eigenvalue weighted by Crippen LogP contribution is 2.08. The molecular weight excluding hydrogens is 349 g/mol. The van der Waals surface area contributed by atoms with Gasteiger partial charge in [-0.15, -0.1) is 12.4 Å². The minimum atomic E-state index is -0.427.